The number of benzene rings is 3. The van der Waals surface area contributed by atoms with E-state index in [9.17, 15) is 14.0 Å². The zero-order valence-electron chi connectivity index (χ0n) is 21.1. The molecule has 0 radical (unpaired) electrons. The summed E-state index contributed by atoms with van der Waals surface area (Å²) in [6.07, 6.45) is 4.01. The third kappa shape index (κ3) is 5.78. The van der Waals surface area contributed by atoms with Gasteiger partial charge < -0.3 is 15.2 Å². The fourth-order valence-electron chi connectivity index (χ4n) is 5.47. The fourth-order valence-corrected chi connectivity index (χ4v) is 5.65. The van der Waals surface area contributed by atoms with Crippen molar-refractivity contribution in [1.29, 1.82) is 0 Å². The van der Waals surface area contributed by atoms with Gasteiger partial charge in [-0.25, -0.2) is 9.18 Å². The van der Waals surface area contributed by atoms with E-state index < -0.39 is 11.8 Å². The molecule has 1 heterocycles. The Balaban J connectivity index is 1.29. The number of carboxylic acids is 1. The van der Waals surface area contributed by atoms with E-state index >= 15 is 0 Å². The number of carbonyl (C=O) groups excluding carboxylic acids is 1. The van der Waals surface area contributed by atoms with E-state index in [-0.39, 0.29) is 29.5 Å². The van der Waals surface area contributed by atoms with Gasteiger partial charge in [0, 0.05) is 12.1 Å². The average molecular weight is 537 g/mol. The molecule has 1 aliphatic carbocycles. The molecule has 1 atom stereocenters. The molecule has 38 heavy (non-hydrogen) atoms. The van der Waals surface area contributed by atoms with Gasteiger partial charge in [0.2, 0.25) is 0 Å². The summed E-state index contributed by atoms with van der Waals surface area (Å²) in [4.78, 5) is 25.7. The van der Waals surface area contributed by atoms with Crippen molar-refractivity contribution in [3.8, 4) is 16.9 Å². The second-order valence-electron chi connectivity index (χ2n) is 10.2. The van der Waals surface area contributed by atoms with Crippen LogP contribution in [0.3, 0.4) is 0 Å². The molecule has 3 aromatic carbocycles. The zero-order chi connectivity index (χ0) is 26.8. The lowest BCUT2D eigenvalue weighted by Gasteiger charge is -2.33. The van der Waals surface area contributed by atoms with Crippen molar-refractivity contribution in [2.24, 2.45) is 5.92 Å². The van der Waals surface area contributed by atoms with Crippen molar-refractivity contribution in [1.82, 2.24) is 0 Å². The van der Waals surface area contributed by atoms with Crippen molar-refractivity contribution in [2.75, 3.05) is 16.8 Å². The smallest absolute Gasteiger partial charge is 0.326 e. The van der Waals surface area contributed by atoms with Gasteiger partial charge in [0.25, 0.3) is 0 Å². The Hall–Kier alpha value is -3.58. The molecule has 0 saturated heterocycles. The van der Waals surface area contributed by atoms with Crippen LogP contribution in [0.5, 0.6) is 5.75 Å². The second kappa shape index (κ2) is 11.0. The highest BCUT2D eigenvalue weighted by molar-refractivity contribution is 6.31. The van der Waals surface area contributed by atoms with Crippen LogP contribution in [0.15, 0.2) is 60.7 Å². The first-order chi connectivity index (χ1) is 18.3. The Morgan fingerprint density at radius 1 is 1.03 bits per heavy atom. The minimum absolute atomic E-state index is 0.0555. The predicted molar refractivity (Wildman–Crippen MR) is 147 cm³/mol. The van der Waals surface area contributed by atoms with E-state index in [0.29, 0.717) is 29.6 Å². The van der Waals surface area contributed by atoms with Gasteiger partial charge in [-0.15, -0.1) is 0 Å². The highest BCUT2D eigenvalue weighted by Gasteiger charge is 2.28. The second-order valence-corrected chi connectivity index (χ2v) is 10.6. The number of nitrogens with zero attached hydrogens (tertiary/aromatic N) is 1. The lowest BCUT2D eigenvalue weighted by molar-refractivity contribution is -0.138. The molecule has 2 aliphatic rings. The van der Waals surface area contributed by atoms with Gasteiger partial charge in [-0.2, -0.15) is 0 Å². The topological polar surface area (TPSA) is 78.9 Å². The first kappa shape index (κ1) is 26.0. The zero-order valence-corrected chi connectivity index (χ0v) is 21.9. The number of halogens is 2. The highest BCUT2D eigenvalue weighted by atomic mass is 35.5. The maximum Gasteiger partial charge on any atom is 0.326 e. The lowest BCUT2D eigenvalue weighted by Crippen LogP contribution is -2.44. The number of fused-ring (bicyclic) bond motifs is 1. The van der Waals surface area contributed by atoms with Crippen LogP contribution < -0.4 is 15.0 Å². The Labute approximate surface area is 226 Å². The monoisotopic (exact) mass is 536 g/mol. The lowest BCUT2D eigenvalue weighted by atomic mass is 9.77. The van der Waals surface area contributed by atoms with E-state index in [1.165, 1.54) is 23.8 Å². The number of carboxylic acid groups (broad SMARTS) is 1. The van der Waals surface area contributed by atoms with Crippen LogP contribution in [0.2, 0.25) is 5.02 Å². The van der Waals surface area contributed by atoms with Crippen LogP contribution in [0.4, 0.5) is 20.6 Å². The molecule has 0 spiro atoms. The summed E-state index contributed by atoms with van der Waals surface area (Å²) in [5.74, 6) is 0.122. The summed E-state index contributed by atoms with van der Waals surface area (Å²) in [7, 11) is 0. The van der Waals surface area contributed by atoms with E-state index in [4.69, 9.17) is 21.4 Å². The Bertz CT molecular complexity index is 1340. The normalized spacial score (nSPS) is 20.8. The number of ether oxygens (including phenoxy) is 1. The molecule has 0 aromatic heterocycles. The Kier molecular flexibility index (Phi) is 7.56. The van der Waals surface area contributed by atoms with Crippen molar-refractivity contribution < 1.29 is 23.8 Å². The van der Waals surface area contributed by atoms with Gasteiger partial charge in [-0.1, -0.05) is 41.9 Å². The molecule has 3 aromatic rings. The van der Waals surface area contributed by atoms with E-state index in [1.54, 1.807) is 4.90 Å². The fraction of sp³-hybridized carbons (Fsp3) is 0.333. The van der Waals surface area contributed by atoms with Gasteiger partial charge in [0.1, 0.15) is 17.7 Å². The number of rotatable bonds is 5. The standard InChI is InChI=1S/C30H30ClFN2O4/c1-18-17-34(30(37)33-24-11-12-26(32)25(31)16-24)27-13-10-23(15-28(27)38-18)22-8-6-21(7-9-22)20-4-2-19(3-5-20)14-29(35)36/h6-13,15-16,18-20H,2-5,14,17H2,1H3,(H,33,37)(H,35,36). The number of anilines is 2. The summed E-state index contributed by atoms with van der Waals surface area (Å²) >= 11 is 5.86. The van der Waals surface area contributed by atoms with Gasteiger partial charge in [-0.3, -0.25) is 9.69 Å². The van der Waals surface area contributed by atoms with E-state index in [1.807, 2.05) is 25.1 Å². The summed E-state index contributed by atoms with van der Waals surface area (Å²) in [5, 5.41) is 11.8. The van der Waals surface area contributed by atoms with Crippen LogP contribution in [-0.4, -0.2) is 29.8 Å². The average Bonchev–Trinajstić information content (AvgIpc) is 2.90. The highest BCUT2D eigenvalue weighted by Crippen LogP contribution is 2.40. The molecule has 8 heteroatoms. The maximum absolute atomic E-state index is 13.5. The Morgan fingerprint density at radius 2 is 1.74 bits per heavy atom. The van der Waals surface area contributed by atoms with Crippen LogP contribution in [0.25, 0.3) is 11.1 Å². The third-order valence-electron chi connectivity index (χ3n) is 7.46. The quantitative estimate of drug-likeness (QED) is 0.350. The molecule has 2 N–H and O–H groups in total. The SMILES string of the molecule is CC1CN(C(=O)Nc2ccc(F)c(Cl)c2)c2ccc(-c3ccc(C4CCC(CC(=O)O)CC4)cc3)cc2O1. The molecular formula is C30H30ClFN2O4. The molecule has 2 amide bonds. The largest absolute Gasteiger partial charge is 0.487 e. The summed E-state index contributed by atoms with van der Waals surface area (Å²) in [6.45, 7) is 2.28. The van der Waals surface area contributed by atoms with Gasteiger partial charge >= 0.3 is 12.0 Å². The molecule has 1 saturated carbocycles. The number of hydrogen-bond donors (Lipinski definition) is 2. The van der Waals surface area contributed by atoms with Gasteiger partial charge in [-0.05, 0) is 91.5 Å². The summed E-state index contributed by atoms with van der Waals surface area (Å²) in [5.41, 5.74) is 4.39. The van der Waals surface area contributed by atoms with Crippen molar-refractivity contribution in [3.05, 3.63) is 77.1 Å². The number of hydrogen-bond acceptors (Lipinski definition) is 3. The molecule has 1 aliphatic heterocycles. The molecule has 1 unspecified atom stereocenters. The van der Waals surface area contributed by atoms with E-state index in [0.717, 1.165) is 36.8 Å². The van der Waals surface area contributed by atoms with Crippen LogP contribution in [0.1, 0.15) is 50.5 Å². The number of carbonyl (C=O) groups is 2. The maximum atomic E-state index is 13.5. The molecule has 0 bridgehead atoms. The first-order valence-electron chi connectivity index (χ1n) is 12.9. The molecule has 1 fully saturated rings. The minimum atomic E-state index is -0.706. The molecular weight excluding hydrogens is 507 g/mol. The van der Waals surface area contributed by atoms with Crippen LogP contribution in [-0.2, 0) is 4.79 Å². The predicted octanol–water partition coefficient (Wildman–Crippen LogP) is 7.71. The third-order valence-corrected chi connectivity index (χ3v) is 7.75. The molecule has 5 rings (SSSR count). The number of urea groups is 1. The molecule has 6 nitrogen and oxygen atoms in total. The molecule has 198 valence electrons. The van der Waals surface area contributed by atoms with Crippen molar-refractivity contribution in [3.63, 3.8) is 0 Å². The number of nitrogens with one attached hydrogen (secondary N) is 1. The van der Waals surface area contributed by atoms with Crippen LogP contribution >= 0.6 is 11.6 Å². The minimum Gasteiger partial charge on any atom is -0.487 e. The first-order valence-corrected chi connectivity index (χ1v) is 13.3. The van der Waals surface area contributed by atoms with Crippen molar-refractivity contribution >= 4 is 35.0 Å². The van der Waals surface area contributed by atoms with Gasteiger partial charge in [0.05, 0.1) is 17.3 Å². The number of amides is 2. The van der Waals surface area contributed by atoms with Gasteiger partial charge in [0.15, 0.2) is 0 Å². The van der Waals surface area contributed by atoms with Crippen molar-refractivity contribution in [2.45, 2.75) is 51.0 Å². The summed E-state index contributed by atoms with van der Waals surface area (Å²) < 4.78 is 19.6. The Morgan fingerprint density at radius 3 is 2.42 bits per heavy atom. The number of aliphatic carboxylic acids is 1. The summed E-state index contributed by atoms with van der Waals surface area (Å²) in [6, 6.07) is 18.1. The van der Waals surface area contributed by atoms with Crippen LogP contribution in [0, 0.1) is 11.7 Å². The van der Waals surface area contributed by atoms with E-state index in [2.05, 4.69) is 29.6 Å².